The van der Waals surface area contributed by atoms with Gasteiger partial charge >= 0.3 is 0 Å². The molecule has 0 aliphatic carbocycles. The molecule has 3 aromatic carbocycles. The van der Waals surface area contributed by atoms with Gasteiger partial charge in [0.1, 0.15) is 17.5 Å². The third-order valence-electron chi connectivity index (χ3n) is 5.71. The molecule has 0 aliphatic rings. The van der Waals surface area contributed by atoms with Crippen LogP contribution in [0.1, 0.15) is 5.56 Å². The van der Waals surface area contributed by atoms with E-state index >= 15 is 0 Å². The van der Waals surface area contributed by atoms with Gasteiger partial charge in [0.25, 0.3) is 0 Å². The summed E-state index contributed by atoms with van der Waals surface area (Å²) in [7, 11) is 1.59. The van der Waals surface area contributed by atoms with E-state index in [-0.39, 0.29) is 11.3 Å². The van der Waals surface area contributed by atoms with Crippen LogP contribution in [0.25, 0.3) is 33.5 Å². The van der Waals surface area contributed by atoms with Crippen molar-refractivity contribution in [3.8, 4) is 22.6 Å². The van der Waals surface area contributed by atoms with Crippen LogP contribution < -0.4 is 0 Å². The minimum Gasteiger partial charge on any atom is -0.383 e. The van der Waals surface area contributed by atoms with E-state index in [1.807, 2.05) is 65.2 Å². The average molecular weight is 507 g/mol. The lowest BCUT2D eigenvalue weighted by molar-refractivity contribution is 0.185. The first kappa shape index (κ1) is 24.0. The SMILES string of the molecule is COCCn1c(SCc2c(F)cc(F)cc2F)nnc1-c1cc(-c2ccccc2)nc2ccccc12. The summed E-state index contributed by atoms with van der Waals surface area (Å²) in [6, 6.07) is 20.9. The largest absolute Gasteiger partial charge is 0.383 e. The summed E-state index contributed by atoms with van der Waals surface area (Å²) >= 11 is 1.12. The van der Waals surface area contributed by atoms with Gasteiger partial charge in [-0.05, 0) is 12.1 Å². The highest BCUT2D eigenvalue weighted by Crippen LogP contribution is 2.34. The molecule has 0 saturated heterocycles. The number of fused-ring (bicyclic) bond motifs is 1. The zero-order chi connectivity index (χ0) is 25.1. The number of thioether (sulfide) groups is 1. The molecular formula is C27H21F3N4OS. The van der Waals surface area contributed by atoms with E-state index in [4.69, 9.17) is 9.72 Å². The second kappa shape index (κ2) is 10.5. The molecule has 0 radical (unpaired) electrons. The van der Waals surface area contributed by atoms with Crippen molar-refractivity contribution in [3.05, 3.63) is 95.8 Å². The molecule has 5 rings (SSSR count). The van der Waals surface area contributed by atoms with Crippen LogP contribution in [0.3, 0.4) is 0 Å². The first-order chi connectivity index (χ1) is 17.5. The Hall–Kier alpha value is -3.69. The maximum absolute atomic E-state index is 14.2. The van der Waals surface area contributed by atoms with Crippen LogP contribution in [0, 0.1) is 17.5 Å². The van der Waals surface area contributed by atoms with Crippen LogP contribution in [-0.2, 0) is 17.0 Å². The molecule has 0 aliphatic heterocycles. The predicted octanol–water partition coefficient (Wildman–Crippen LogP) is 6.52. The summed E-state index contributed by atoms with van der Waals surface area (Å²) in [6.45, 7) is 0.805. The molecule has 182 valence electrons. The van der Waals surface area contributed by atoms with Gasteiger partial charge in [0.15, 0.2) is 11.0 Å². The van der Waals surface area contributed by atoms with Crippen molar-refractivity contribution in [2.75, 3.05) is 13.7 Å². The lowest BCUT2D eigenvalue weighted by Crippen LogP contribution is -2.08. The molecular weight excluding hydrogens is 485 g/mol. The van der Waals surface area contributed by atoms with Crippen molar-refractivity contribution in [1.29, 1.82) is 0 Å². The van der Waals surface area contributed by atoms with Crippen LogP contribution in [0.2, 0.25) is 0 Å². The highest BCUT2D eigenvalue weighted by molar-refractivity contribution is 7.98. The number of halogens is 3. The fourth-order valence-corrected chi connectivity index (χ4v) is 4.92. The first-order valence-electron chi connectivity index (χ1n) is 11.2. The Balaban J connectivity index is 1.59. The molecule has 5 aromatic rings. The lowest BCUT2D eigenvalue weighted by atomic mass is 10.0. The Morgan fingerprint density at radius 2 is 1.61 bits per heavy atom. The van der Waals surface area contributed by atoms with E-state index < -0.39 is 17.5 Å². The maximum atomic E-state index is 14.2. The van der Waals surface area contributed by atoms with Gasteiger partial charge in [0.05, 0.1) is 24.4 Å². The molecule has 0 unspecified atom stereocenters. The fourth-order valence-electron chi connectivity index (χ4n) is 3.94. The minimum atomic E-state index is -0.955. The Bertz CT molecular complexity index is 1500. The smallest absolute Gasteiger partial charge is 0.191 e. The van der Waals surface area contributed by atoms with Crippen LogP contribution in [-0.4, -0.2) is 33.5 Å². The summed E-state index contributed by atoms with van der Waals surface area (Å²) in [5.41, 5.74) is 3.17. The molecule has 0 N–H and O–H groups in total. The zero-order valence-corrected chi connectivity index (χ0v) is 20.1. The average Bonchev–Trinajstić information content (AvgIpc) is 3.29. The van der Waals surface area contributed by atoms with Gasteiger partial charge in [-0.2, -0.15) is 0 Å². The highest BCUT2D eigenvalue weighted by atomic mass is 32.2. The summed E-state index contributed by atoms with van der Waals surface area (Å²) in [6.07, 6.45) is 0. The van der Waals surface area contributed by atoms with Gasteiger partial charge in [0, 0.05) is 47.1 Å². The normalized spacial score (nSPS) is 11.3. The minimum absolute atomic E-state index is 0.0740. The fraction of sp³-hybridized carbons (Fsp3) is 0.148. The molecule has 2 heterocycles. The van der Waals surface area contributed by atoms with Gasteiger partial charge in [-0.25, -0.2) is 18.2 Å². The number of para-hydroxylation sites is 1. The molecule has 9 heteroatoms. The maximum Gasteiger partial charge on any atom is 0.191 e. The number of aromatic nitrogens is 4. The number of hydrogen-bond donors (Lipinski definition) is 0. The number of rotatable bonds is 8. The quantitative estimate of drug-likeness (QED) is 0.224. The first-order valence-corrected chi connectivity index (χ1v) is 12.2. The highest BCUT2D eigenvalue weighted by Gasteiger charge is 2.20. The van der Waals surface area contributed by atoms with E-state index in [0.29, 0.717) is 36.3 Å². The molecule has 36 heavy (non-hydrogen) atoms. The number of nitrogens with zero attached hydrogens (tertiary/aromatic N) is 4. The van der Waals surface area contributed by atoms with E-state index in [1.54, 1.807) is 7.11 Å². The number of hydrogen-bond acceptors (Lipinski definition) is 5. The van der Waals surface area contributed by atoms with Crippen molar-refractivity contribution in [1.82, 2.24) is 19.7 Å². The van der Waals surface area contributed by atoms with Crippen molar-refractivity contribution in [3.63, 3.8) is 0 Å². The Kier molecular flexibility index (Phi) is 7.02. The van der Waals surface area contributed by atoms with Crippen molar-refractivity contribution >= 4 is 22.7 Å². The van der Waals surface area contributed by atoms with Gasteiger partial charge < -0.3 is 4.74 Å². The van der Waals surface area contributed by atoms with Crippen LogP contribution in [0.4, 0.5) is 13.2 Å². The summed E-state index contributed by atoms with van der Waals surface area (Å²) in [4.78, 5) is 4.83. The summed E-state index contributed by atoms with van der Waals surface area (Å²) in [5, 5.41) is 10.1. The molecule has 0 bridgehead atoms. The predicted molar refractivity (Wildman–Crippen MR) is 134 cm³/mol. The Labute approximate surface area is 210 Å². The standard InChI is InChI=1S/C27H21F3N4OS/c1-35-12-11-34-26(32-33-27(34)36-16-21-22(29)13-18(28)14-23(21)30)20-15-25(17-7-3-2-4-8-17)31-24-10-6-5-9-19(20)24/h2-10,13-15H,11-12,16H2,1H3. The number of benzene rings is 3. The topological polar surface area (TPSA) is 52.8 Å². The Morgan fingerprint density at radius 1 is 0.889 bits per heavy atom. The summed E-state index contributed by atoms with van der Waals surface area (Å²) in [5.74, 6) is -2.31. The van der Waals surface area contributed by atoms with Gasteiger partial charge in [0.2, 0.25) is 0 Å². The van der Waals surface area contributed by atoms with Crippen molar-refractivity contribution < 1.29 is 17.9 Å². The monoisotopic (exact) mass is 506 g/mol. The summed E-state index contributed by atoms with van der Waals surface area (Å²) < 4.78 is 48.9. The van der Waals surface area contributed by atoms with Crippen LogP contribution in [0.5, 0.6) is 0 Å². The molecule has 0 amide bonds. The van der Waals surface area contributed by atoms with Crippen LogP contribution in [0.15, 0.2) is 78.0 Å². The van der Waals surface area contributed by atoms with Crippen molar-refractivity contribution in [2.24, 2.45) is 0 Å². The second-order valence-corrected chi connectivity index (χ2v) is 8.97. The second-order valence-electron chi connectivity index (χ2n) is 8.03. The van der Waals surface area contributed by atoms with E-state index in [9.17, 15) is 13.2 Å². The third kappa shape index (κ3) is 4.84. The van der Waals surface area contributed by atoms with E-state index in [1.165, 1.54) is 0 Å². The molecule has 0 atom stereocenters. The number of pyridine rings is 1. The molecule has 5 nitrogen and oxygen atoms in total. The lowest BCUT2D eigenvalue weighted by Gasteiger charge is -2.13. The Morgan fingerprint density at radius 3 is 2.36 bits per heavy atom. The molecule has 2 aromatic heterocycles. The zero-order valence-electron chi connectivity index (χ0n) is 19.3. The number of ether oxygens (including phenoxy) is 1. The molecule has 0 fully saturated rings. The number of methoxy groups -OCH3 is 1. The van der Waals surface area contributed by atoms with Crippen LogP contribution >= 0.6 is 11.8 Å². The molecule has 0 spiro atoms. The van der Waals surface area contributed by atoms with Gasteiger partial charge in [-0.3, -0.25) is 4.57 Å². The van der Waals surface area contributed by atoms with E-state index in [2.05, 4.69) is 10.2 Å². The molecule has 0 saturated carbocycles. The van der Waals surface area contributed by atoms with E-state index in [0.717, 1.165) is 39.5 Å². The van der Waals surface area contributed by atoms with Crippen molar-refractivity contribution in [2.45, 2.75) is 17.5 Å². The van der Waals surface area contributed by atoms with Gasteiger partial charge in [-0.15, -0.1) is 10.2 Å². The third-order valence-corrected chi connectivity index (χ3v) is 6.71. The van der Waals surface area contributed by atoms with Gasteiger partial charge in [-0.1, -0.05) is 60.3 Å².